The quantitative estimate of drug-likeness (QED) is 0.405. The van der Waals surface area contributed by atoms with Crippen LogP contribution in [-0.2, 0) is 0 Å². The van der Waals surface area contributed by atoms with Crippen molar-refractivity contribution < 1.29 is 9.13 Å². The van der Waals surface area contributed by atoms with Gasteiger partial charge in [-0.05, 0) is 89.4 Å². The Morgan fingerprint density at radius 2 is 1.67 bits per heavy atom. The van der Waals surface area contributed by atoms with Crippen LogP contribution < -0.4 is 9.64 Å². The summed E-state index contributed by atoms with van der Waals surface area (Å²) in [4.78, 5) is 4.63. The van der Waals surface area contributed by atoms with E-state index in [0.29, 0.717) is 11.8 Å². The molecular weight excluding hydrogens is 375 g/mol. The van der Waals surface area contributed by atoms with Crippen molar-refractivity contribution in [3.8, 4) is 5.75 Å². The zero-order valence-corrected chi connectivity index (χ0v) is 19.6. The summed E-state index contributed by atoms with van der Waals surface area (Å²) in [6, 6.07) is 3.58. The van der Waals surface area contributed by atoms with E-state index in [1.54, 1.807) is 11.6 Å². The SMILES string of the molecule is CCCN(CC)CC1=C(CN(C)c2cc(OC3CCCC3)c(C)cc2F)CCCC1. The summed E-state index contributed by atoms with van der Waals surface area (Å²) >= 11 is 0. The Morgan fingerprint density at radius 1 is 1.00 bits per heavy atom. The largest absolute Gasteiger partial charge is 0.490 e. The summed E-state index contributed by atoms with van der Waals surface area (Å²) in [5.41, 5.74) is 4.65. The van der Waals surface area contributed by atoms with Gasteiger partial charge in [0, 0.05) is 26.2 Å². The molecule has 2 aliphatic carbocycles. The van der Waals surface area contributed by atoms with Crippen LogP contribution >= 0.6 is 0 Å². The molecular formula is C26H41FN2O. The number of hydrogen-bond donors (Lipinski definition) is 0. The Kier molecular flexibility index (Phi) is 8.61. The van der Waals surface area contributed by atoms with Crippen molar-refractivity contribution in [3.05, 3.63) is 34.7 Å². The molecule has 0 saturated heterocycles. The number of likely N-dealkylation sites (N-methyl/N-ethyl adjacent to an activating group) is 2. The molecule has 0 bridgehead atoms. The predicted octanol–water partition coefficient (Wildman–Crippen LogP) is 6.49. The van der Waals surface area contributed by atoms with E-state index in [4.69, 9.17) is 4.74 Å². The highest BCUT2D eigenvalue weighted by molar-refractivity contribution is 5.55. The molecule has 1 aromatic carbocycles. The lowest BCUT2D eigenvalue weighted by molar-refractivity contribution is 0.208. The van der Waals surface area contributed by atoms with E-state index < -0.39 is 0 Å². The van der Waals surface area contributed by atoms with Gasteiger partial charge < -0.3 is 9.64 Å². The van der Waals surface area contributed by atoms with Crippen molar-refractivity contribution in [1.82, 2.24) is 4.90 Å². The van der Waals surface area contributed by atoms with Gasteiger partial charge in [-0.1, -0.05) is 25.0 Å². The number of aryl methyl sites for hydroxylation is 1. The highest BCUT2D eigenvalue weighted by Gasteiger charge is 2.21. The van der Waals surface area contributed by atoms with Crippen LogP contribution in [0.4, 0.5) is 10.1 Å². The molecule has 0 amide bonds. The van der Waals surface area contributed by atoms with E-state index in [1.165, 1.54) is 44.1 Å². The summed E-state index contributed by atoms with van der Waals surface area (Å²) in [7, 11) is 2.02. The number of hydrogen-bond acceptors (Lipinski definition) is 3. The Morgan fingerprint density at radius 3 is 2.30 bits per heavy atom. The summed E-state index contributed by atoms with van der Waals surface area (Å²) in [5, 5.41) is 0. The van der Waals surface area contributed by atoms with E-state index in [-0.39, 0.29) is 5.82 Å². The van der Waals surface area contributed by atoms with Crippen LogP contribution in [-0.4, -0.2) is 44.2 Å². The summed E-state index contributed by atoms with van der Waals surface area (Å²) in [6.07, 6.45) is 11.0. The third-order valence-electron chi connectivity index (χ3n) is 6.79. The van der Waals surface area contributed by atoms with E-state index in [9.17, 15) is 4.39 Å². The lowest BCUT2D eigenvalue weighted by Gasteiger charge is -2.30. The standard InChI is InChI=1S/C26H41FN2O/c1-5-15-29(6-2)19-22-12-8-7-11-21(22)18-28(4)25-17-26(20(3)16-24(25)27)30-23-13-9-10-14-23/h16-17,23H,5-15,18-19H2,1-4H3. The molecule has 3 nitrogen and oxygen atoms in total. The molecule has 2 aliphatic rings. The van der Waals surface area contributed by atoms with Crippen molar-refractivity contribution in [3.63, 3.8) is 0 Å². The average molecular weight is 417 g/mol. The summed E-state index contributed by atoms with van der Waals surface area (Å²) < 4.78 is 21.1. The van der Waals surface area contributed by atoms with Crippen LogP contribution in [0, 0.1) is 12.7 Å². The average Bonchev–Trinajstić information content (AvgIpc) is 3.24. The van der Waals surface area contributed by atoms with Gasteiger partial charge in [0.2, 0.25) is 0 Å². The van der Waals surface area contributed by atoms with Gasteiger partial charge in [0.1, 0.15) is 11.6 Å². The fraction of sp³-hybridized carbons (Fsp3) is 0.692. The third kappa shape index (κ3) is 6.00. The lowest BCUT2D eigenvalue weighted by atomic mass is 9.90. The zero-order valence-electron chi connectivity index (χ0n) is 19.6. The Bertz CT molecular complexity index is 724. The number of nitrogens with zero attached hydrogens (tertiary/aromatic N) is 2. The Balaban J connectivity index is 1.76. The molecule has 0 radical (unpaired) electrons. The number of benzene rings is 1. The van der Waals surface area contributed by atoms with Crippen molar-refractivity contribution in [2.24, 2.45) is 0 Å². The van der Waals surface area contributed by atoms with Crippen LogP contribution in [0.3, 0.4) is 0 Å². The van der Waals surface area contributed by atoms with Gasteiger partial charge in [-0.15, -0.1) is 0 Å². The molecule has 1 saturated carbocycles. The highest BCUT2D eigenvalue weighted by Crippen LogP contribution is 2.33. The molecule has 3 rings (SSSR count). The van der Waals surface area contributed by atoms with Crippen molar-refractivity contribution in [1.29, 1.82) is 0 Å². The summed E-state index contributed by atoms with van der Waals surface area (Å²) in [5.74, 6) is 0.705. The van der Waals surface area contributed by atoms with Crippen molar-refractivity contribution in [2.75, 3.05) is 38.1 Å². The van der Waals surface area contributed by atoms with E-state index in [1.807, 2.05) is 20.0 Å². The predicted molar refractivity (Wildman–Crippen MR) is 125 cm³/mol. The topological polar surface area (TPSA) is 15.7 Å². The van der Waals surface area contributed by atoms with Gasteiger partial charge in [0.15, 0.2) is 0 Å². The first-order valence-electron chi connectivity index (χ1n) is 12.1. The second-order valence-electron chi connectivity index (χ2n) is 9.23. The minimum atomic E-state index is -0.145. The smallest absolute Gasteiger partial charge is 0.147 e. The molecule has 0 unspecified atom stereocenters. The van der Waals surface area contributed by atoms with Gasteiger partial charge in [0.25, 0.3) is 0 Å². The minimum absolute atomic E-state index is 0.145. The molecule has 4 heteroatoms. The van der Waals surface area contributed by atoms with Crippen LogP contribution in [0.25, 0.3) is 0 Å². The number of halogens is 1. The van der Waals surface area contributed by atoms with Gasteiger partial charge in [-0.2, -0.15) is 0 Å². The summed E-state index contributed by atoms with van der Waals surface area (Å²) in [6.45, 7) is 10.6. The molecule has 0 heterocycles. The first-order valence-corrected chi connectivity index (χ1v) is 12.1. The molecule has 0 aliphatic heterocycles. The van der Waals surface area contributed by atoms with E-state index in [2.05, 4.69) is 23.6 Å². The number of rotatable bonds is 10. The first kappa shape index (κ1) is 23.1. The number of anilines is 1. The van der Waals surface area contributed by atoms with Crippen molar-refractivity contribution >= 4 is 5.69 Å². The molecule has 0 spiro atoms. The van der Waals surface area contributed by atoms with Crippen LogP contribution in [0.2, 0.25) is 0 Å². The third-order valence-corrected chi connectivity index (χ3v) is 6.79. The van der Waals surface area contributed by atoms with Crippen molar-refractivity contribution in [2.45, 2.75) is 84.7 Å². The van der Waals surface area contributed by atoms with E-state index in [0.717, 1.165) is 56.8 Å². The molecule has 168 valence electrons. The Labute approximate surface area is 183 Å². The zero-order chi connectivity index (χ0) is 21.5. The molecule has 1 aromatic rings. The maximum Gasteiger partial charge on any atom is 0.147 e. The lowest BCUT2D eigenvalue weighted by Crippen LogP contribution is -2.30. The van der Waals surface area contributed by atoms with Crippen LogP contribution in [0.1, 0.15) is 77.2 Å². The fourth-order valence-corrected chi connectivity index (χ4v) is 4.97. The van der Waals surface area contributed by atoms with Crippen LogP contribution in [0.5, 0.6) is 5.75 Å². The molecule has 1 fully saturated rings. The molecule has 0 aromatic heterocycles. The van der Waals surface area contributed by atoms with Gasteiger partial charge in [-0.25, -0.2) is 4.39 Å². The van der Waals surface area contributed by atoms with Gasteiger partial charge >= 0.3 is 0 Å². The minimum Gasteiger partial charge on any atom is -0.490 e. The fourth-order valence-electron chi connectivity index (χ4n) is 4.97. The molecule has 0 N–H and O–H groups in total. The van der Waals surface area contributed by atoms with Gasteiger partial charge in [0.05, 0.1) is 11.8 Å². The monoisotopic (exact) mass is 416 g/mol. The van der Waals surface area contributed by atoms with Gasteiger partial charge in [-0.3, -0.25) is 4.90 Å². The Hall–Kier alpha value is -1.55. The normalized spacial score (nSPS) is 17.8. The maximum atomic E-state index is 14.9. The van der Waals surface area contributed by atoms with E-state index >= 15 is 0 Å². The first-order chi connectivity index (χ1) is 14.5. The number of ether oxygens (including phenoxy) is 1. The second-order valence-corrected chi connectivity index (χ2v) is 9.23. The highest BCUT2D eigenvalue weighted by atomic mass is 19.1. The molecule has 30 heavy (non-hydrogen) atoms. The second kappa shape index (κ2) is 11.2. The van der Waals surface area contributed by atoms with Crippen LogP contribution in [0.15, 0.2) is 23.3 Å². The maximum absolute atomic E-state index is 14.9. The molecule has 0 atom stereocenters.